The molecule has 24 heavy (non-hydrogen) atoms. The molecule has 0 unspecified atom stereocenters. The van der Waals surface area contributed by atoms with Gasteiger partial charge in [0, 0.05) is 63.0 Å². The molecule has 0 amide bonds. The van der Waals surface area contributed by atoms with Crippen molar-refractivity contribution in [2.24, 2.45) is 0 Å². The van der Waals surface area contributed by atoms with Crippen LogP contribution in [0.5, 0.6) is 0 Å². The van der Waals surface area contributed by atoms with E-state index < -0.39 is 0 Å². The Bertz CT molecular complexity index is 647. The summed E-state index contributed by atoms with van der Waals surface area (Å²) in [7, 11) is 2.28. The highest BCUT2D eigenvalue weighted by Gasteiger charge is 2.40. The highest BCUT2D eigenvalue weighted by molar-refractivity contribution is 5.34. The Morgan fingerprint density at radius 2 is 1.92 bits per heavy atom. The topological polar surface area (TPSA) is 33.5 Å². The molecular formula is C19H26N4O. The molecule has 0 bridgehead atoms. The zero-order valence-electron chi connectivity index (χ0n) is 14.4. The van der Waals surface area contributed by atoms with E-state index in [4.69, 9.17) is 4.74 Å². The lowest BCUT2D eigenvalue weighted by Gasteiger charge is -2.51. The summed E-state index contributed by atoms with van der Waals surface area (Å²) in [5, 5.41) is 0. The van der Waals surface area contributed by atoms with Crippen molar-refractivity contribution in [2.75, 3.05) is 39.9 Å². The summed E-state index contributed by atoms with van der Waals surface area (Å²) < 4.78 is 7.63. The standard InChI is InChI=1S/C19H26N4O/c1-21-10-11-22(15-19(21)6-12-24-13-7-19)14-17-2-4-18(5-3-17)23-9-8-20-16-23/h2-5,8-9,16H,6-7,10-15H2,1H3. The number of rotatable bonds is 3. The molecule has 5 nitrogen and oxygen atoms in total. The molecule has 0 radical (unpaired) electrons. The van der Waals surface area contributed by atoms with Crippen LogP contribution in [-0.2, 0) is 11.3 Å². The molecule has 1 aromatic heterocycles. The molecule has 1 aromatic carbocycles. The van der Waals surface area contributed by atoms with Gasteiger partial charge >= 0.3 is 0 Å². The lowest BCUT2D eigenvalue weighted by atomic mass is 9.86. The van der Waals surface area contributed by atoms with Crippen LogP contribution in [0.2, 0.25) is 0 Å². The molecule has 2 aliphatic heterocycles. The summed E-state index contributed by atoms with van der Waals surface area (Å²) in [6.45, 7) is 6.27. The Morgan fingerprint density at radius 3 is 2.62 bits per heavy atom. The highest BCUT2D eigenvalue weighted by atomic mass is 16.5. The summed E-state index contributed by atoms with van der Waals surface area (Å²) in [5.41, 5.74) is 2.86. The minimum absolute atomic E-state index is 0.313. The fraction of sp³-hybridized carbons (Fsp3) is 0.526. The normalized spacial score (nSPS) is 22.0. The monoisotopic (exact) mass is 326 g/mol. The highest BCUT2D eigenvalue weighted by Crippen LogP contribution is 2.31. The van der Waals surface area contributed by atoms with Crippen LogP contribution in [0.3, 0.4) is 0 Å². The molecule has 2 aromatic rings. The van der Waals surface area contributed by atoms with Crippen molar-refractivity contribution in [2.45, 2.75) is 24.9 Å². The van der Waals surface area contributed by atoms with Crippen LogP contribution in [0.25, 0.3) is 5.69 Å². The van der Waals surface area contributed by atoms with E-state index in [0.717, 1.165) is 57.9 Å². The second-order valence-electron chi connectivity index (χ2n) is 7.11. The minimum Gasteiger partial charge on any atom is -0.381 e. The second kappa shape index (κ2) is 6.67. The average molecular weight is 326 g/mol. The zero-order valence-corrected chi connectivity index (χ0v) is 14.4. The van der Waals surface area contributed by atoms with Crippen LogP contribution in [-0.4, -0.2) is 64.8 Å². The van der Waals surface area contributed by atoms with Crippen molar-refractivity contribution in [1.29, 1.82) is 0 Å². The maximum atomic E-state index is 5.59. The summed E-state index contributed by atoms with van der Waals surface area (Å²) >= 11 is 0. The van der Waals surface area contributed by atoms with Gasteiger partial charge < -0.3 is 9.30 Å². The second-order valence-corrected chi connectivity index (χ2v) is 7.11. The smallest absolute Gasteiger partial charge is 0.0991 e. The molecule has 128 valence electrons. The van der Waals surface area contributed by atoms with Gasteiger partial charge in [0.15, 0.2) is 0 Å². The quantitative estimate of drug-likeness (QED) is 0.866. The fourth-order valence-corrected chi connectivity index (χ4v) is 4.01. The van der Waals surface area contributed by atoms with Gasteiger partial charge in [0.1, 0.15) is 0 Å². The Balaban J connectivity index is 1.43. The molecule has 0 atom stereocenters. The van der Waals surface area contributed by atoms with Crippen LogP contribution in [0.15, 0.2) is 43.0 Å². The number of likely N-dealkylation sites (N-methyl/N-ethyl adjacent to an activating group) is 1. The number of hydrogen-bond acceptors (Lipinski definition) is 4. The van der Waals surface area contributed by atoms with Gasteiger partial charge in [0.25, 0.3) is 0 Å². The van der Waals surface area contributed by atoms with Gasteiger partial charge in [-0.15, -0.1) is 0 Å². The largest absolute Gasteiger partial charge is 0.381 e. The van der Waals surface area contributed by atoms with E-state index in [1.54, 1.807) is 0 Å². The Hall–Kier alpha value is -1.69. The van der Waals surface area contributed by atoms with Crippen molar-refractivity contribution in [3.05, 3.63) is 48.5 Å². The zero-order chi connectivity index (χ0) is 16.4. The molecule has 0 N–H and O–H groups in total. The number of piperazine rings is 1. The van der Waals surface area contributed by atoms with E-state index >= 15 is 0 Å². The van der Waals surface area contributed by atoms with Gasteiger partial charge in [-0.2, -0.15) is 0 Å². The predicted octanol–water partition coefficient (Wildman–Crippen LogP) is 2.17. The van der Waals surface area contributed by atoms with Gasteiger partial charge in [-0.25, -0.2) is 4.98 Å². The Labute approximate surface area is 143 Å². The van der Waals surface area contributed by atoms with Crippen molar-refractivity contribution in [3.8, 4) is 5.69 Å². The first-order valence-corrected chi connectivity index (χ1v) is 8.84. The van der Waals surface area contributed by atoms with E-state index in [2.05, 4.69) is 46.1 Å². The number of imidazole rings is 1. The van der Waals surface area contributed by atoms with E-state index in [-0.39, 0.29) is 0 Å². The molecule has 0 aliphatic carbocycles. The number of nitrogens with zero attached hydrogens (tertiary/aromatic N) is 4. The summed E-state index contributed by atoms with van der Waals surface area (Å²) in [6, 6.07) is 8.84. The molecule has 2 fully saturated rings. The lowest BCUT2D eigenvalue weighted by Crippen LogP contribution is -2.62. The lowest BCUT2D eigenvalue weighted by molar-refractivity contribution is -0.0625. The number of benzene rings is 1. The van der Waals surface area contributed by atoms with Crippen LogP contribution in [0.1, 0.15) is 18.4 Å². The minimum atomic E-state index is 0.313. The molecule has 3 heterocycles. The first-order valence-electron chi connectivity index (χ1n) is 8.84. The van der Waals surface area contributed by atoms with Gasteiger partial charge in [-0.1, -0.05) is 12.1 Å². The fourth-order valence-electron chi connectivity index (χ4n) is 4.01. The summed E-state index contributed by atoms with van der Waals surface area (Å²) in [6.07, 6.45) is 7.93. The first-order chi connectivity index (χ1) is 11.8. The molecule has 2 saturated heterocycles. The molecule has 2 aliphatic rings. The van der Waals surface area contributed by atoms with E-state index in [1.807, 2.05) is 23.3 Å². The summed E-state index contributed by atoms with van der Waals surface area (Å²) in [4.78, 5) is 9.28. The van der Waals surface area contributed by atoms with Gasteiger partial charge in [-0.3, -0.25) is 9.80 Å². The molecular weight excluding hydrogens is 300 g/mol. The summed E-state index contributed by atoms with van der Waals surface area (Å²) in [5.74, 6) is 0. The van der Waals surface area contributed by atoms with Gasteiger partial charge in [0.2, 0.25) is 0 Å². The predicted molar refractivity (Wildman–Crippen MR) is 94.3 cm³/mol. The maximum Gasteiger partial charge on any atom is 0.0991 e. The van der Waals surface area contributed by atoms with E-state index in [1.165, 1.54) is 5.56 Å². The first kappa shape index (κ1) is 15.8. The molecule has 0 saturated carbocycles. The Kier molecular flexibility index (Phi) is 4.39. The van der Waals surface area contributed by atoms with Crippen LogP contribution >= 0.6 is 0 Å². The average Bonchev–Trinajstić information content (AvgIpc) is 3.14. The van der Waals surface area contributed by atoms with Crippen LogP contribution < -0.4 is 0 Å². The molecule has 1 spiro atoms. The Morgan fingerprint density at radius 1 is 1.12 bits per heavy atom. The third-order valence-electron chi connectivity index (χ3n) is 5.65. The number of ether oxygens (including phenoxy) is 1. The molecule has 5 heteroatoms. The van der Waals surface area contributed by atoms with Crippen molar-refractivity contribution in [1.82, 2.24) is 19.4 Å². The van der Waals surface area contributed by atoms with Gasteiger partial charge in [0.05, 0.1) is 6.33 Å². The number of hydrogen-bond donors (Lipinski definition) is 0. The van der Waals surface area contributed by atoms with Crippen molar-refractivity contribution < 1.29 is 4.74 Å². The van der Waals surface area contributed by atoms with E-state index in [9.17, 15) is 0 Å². The third-order valence-corrected chi connectivity index (χ3v) is 5.65. The van der Waals surface area contributed by atoms with E-state index in [0.29, 0.717) is 5.54 Å². The maximum absolute atomic E-state index is 5.59. The van der Waals surface area contributed by atoms with Crippen molar-refractivity contribution >= 4 is 0 Å². The van der Waals surface area contributed by atoms with Crippen LogP contribution in [0.4, 0.5) is 0 Å². The van der Waals surface area contributed by atoms with Crippen LogP contribution in [0, 0.1) is 0 Å². The van der Waals surface area contributed by atoms with Crippen molar-refractivity contribution in [3.63, 3.8) is 0 Å². The molecule has 4 rings (SSSR count). The third kappa shape index (κ3) is 3.11. The SMILES string of the molecule is CN1CCN(Cc2ccc(-n3ccnc3)cc2)CC12CCOCC2. The number of aromatic nitrogens is 2. The van der Waals surface area contributed by atoms with Gasteiger partial charge in [-0.05, 0) is 37.6 Å².